The van der Waals surface area contributed by atoms with Gasteiger partial charge < -0.3 is 10.1 Å². The van der Waals surface area contributed by atoms with Gasteiger partial charge in [-0.15, -0.1) is 0 Å². The lowest BCUT2D eigenvalue weighted by Crippen LogP contribution is -2.44. The molecule has 1 rings (SSSR count). The highest BCUT2D eigenvalue weighted by Crippen LogP contribution is 2.28. The monoisotopic (exact) mass is 227 g/mol. The molecule has 3 unspecified atom stereocenters. The lowest BCUT2D eigenvalue weighted by atomic mass is 9.82. The molecule has 3 atom stereocenters. The molecule has 1 heterocycles. The van der Waals surface area contributed by atoms with Crippen molar-refractivity contribution in [3.63, 3.8) is 0 Å². The molecular formula is C14H29NO. The summed E-state index contributed by atoms with van der Waals surface area (Å²) >= 11 is 0. The van der Waals surface area contributed by atoms with Crippen LogP contribution in [0.3, 0.4) is 0 Å². The Kier molecular flexibility index (Phi) is 6.37. The molecule has 2 nitrogen and oxygen atoms in total. The van der Waals surface area contributed by atoms with Gasteiger partial charge in [-0.2, -0.15) is 0 Å². The van der Waals surface area contributed by atoms with E-state index >= 15 is 0 Å². The third kappa shape index (κ3) is 4.06. The average Bonchev–Trinajstić information content (AvgIpc) is 2.26. The maximum atomic E-state index is 5.83. The van der Waals surface area contributed by atoms with Crippen LogP contribution in [-0.4, -0.2) is 25.3 Å². The van der Waals surface area contributed by atoms with Gasteiger partial charge in [-0.05, 0) is 37.6 Å². The number of rotatable bonds is 6. The van der Waals surface area contributed by atoms with Gasteiger partial charge in [-0.1, -0.05) is 34.1 Å². The van der Waals surface area contributed by atoms with Gasteiger partial charge in [0, 0.05) is 12.6 Å². The van der Waals surface area contributed by atoms with E-state index in [2.05, 4.69) is 33.0 Å². The average molecular weight is 227 g/mol. The van der Waals surface area contributed by atoms with Gasteiger partial charge >= 0.3 is 0 Å². The van der Waals surface area contributed by atoms with Crippen molar-refractivity contribution in [1.82, 2.24) is 5.32 Å². The second-order valence-corrected chi connectivity index (χ2v) is 5.39. The normalized spacial score (nSPS) is 28.3. The summed E-state index contributed by atoms with van der Waals surface area (Å²) in [4.78, 5) is 0. The fraction of sp³-hybridized carbons (Fsp3) is 1.00. The van der Waals surface area contributed by atoms with Gasteiger partial charge in [0.05, 0.1) is 6.10 Å². The van der Waals surface area contributed by atoms with Gasteiger partial charge in [0.1, 0.15) is 0 Å². The minimum atomic E-state index is 0.517. The fourth-order valence-electron chi connectivity index (χ4n) is 2.94. The number of nitrogens with one attached hydrogen (secondary N) is 1. The van der Waals surface area contributed by atoms with Gasteiger partial charge in [0.2, 0.25) is 0 Å². The van der Waals surface area contributed by atoms with Crippen molar-refractivity contribution in [1.29, 1.82) is 0 Å². The van der Waals surface area contributed by atoms with Crippen molar-refractivity contribution < 1.29 is 4.74 Å². The van der Waals surface area contributed by atoms with Crippen LogP contribution in [0.25, 0.3) is 0 Å². The molecule has 0 saturated carbocycles. The first kappa shape index (κ1) is 14.0. The number of ether oxygens (including phenoxy) is 1. The van der Waals surface area contributed by atoms with Crippen molar-refractivity contribution >= 4 is 0 Å². The van der Waals surface area contributed by atoms with Crippen LogP contribution in [0.4, 0.5) is 0 Å². The molecular weight excluding hydrogens is 198 g/mol. The van der Waals surface area contributed by atoms with E-state index in [0.29, 0.717) is 12.1 Å². The molecule has 1 saturated heterocycles. The predicted molar refractivity (Wildman–Crippen MR) is 69.7 cm³/mol. The summed E-state index contributed by atoms with van der Waals surface area (Å²) in [6, 6.07) is 0.674. The van der Waals surface area contributed by atoms with E-state index < -0.39 is 0 Å². The summed E-state index contributed by atoms with van der Waals surface area (Å²) in [6.45, 7) is 11.2. The van der Waals surface area contributed by atoms with Crippen LogP contribution >= 0.6 is 0 Å². The van der Waals surface area contributed by atoms with E-state index in [-0.39, 0.29) is 0 Å². The third-order valence-electron chi connectivity index (χ3n) is 3.68. The smallest absolute Gasteiger partial charge is 0.0578 e. The first-order chi connectivity index (χ1) is 7.69. The van der Waals surface area contributed by atoms with E-state index in [4.69, 9.17) is 4.74 Å². The van der Waals surface area contributed by atoms with E-state index in [0.717, 1.165) is 25.0 Å². The quantitative estimate of drug-likeness (QED) is 0.752. The highest BCUT2D eigenvalue weighted by molar-refractivity contribution is 4.83. The molecule has 96 valence electrons. The van der Waals surface area contributed by atoms with Crippen molar-refractivity contribution in [3.8, 4) is 0 Å². The maximum absolute atomic E-state index is 5.83. The molecule has 0 aromatic heterocycles. The zero-order valence-corrected chi connectivity index (χ0v) is 11.5. The molecule has 0 aliphatic carbocycles. The molecule has 1 fully saturated rings. The second kappa shape index (κ2) is 7.29. The highest BCUT2D eigenvalue weighted by Gasteiger charge is 2.29. The Labute approximate surface area is 101 Å². The summed E-state index contributed by atoms with van der Waals surface area (Å²) in [5.74, 6) is 1.54. The standard InChI is InChI=1S/C14H29NO/c1-5-7-13-10-12(8-9-16-13)14(11(3)4)15-6-2/h11-15H,5-10H2,1-4H3. The molecule has 1 aliphatic rings. The van der Waals surface area contributed by atoms with Gasteiger partial charge in [-0.3, -0.25) is 0 Å². The minimum absolute atomic E-state index is 0.517. The highest BCUT2D eigenvalue weighted by atomic mass is 16.5. The number of hydrogen-bond acceptors (Lipinski definition) is 2. The lowest BCUT2D eigenvalue weighted by molar-refractivity contribution is -0.0251. The molecule has 0 bridgehead atoms. The first-order valence-corrected chi connectivity index (χ1v) is 7.04. The SMILES string of the molecule is CCCC1CC(C(NCC)C(C)C)CCO1. The van der Waals surface area contributed by atoms with Crippen molar-refractivity contribution in [2.24, 2.45) is 11.8 Å². The van der Waals surface area contributed by atoms with E-state index in [1.165, 1.54) is 25.7 Å². The Hall–Kier alpha value is -0.0800. The molecule has 1 N–H and O–H groups in total. The summed E-state index contributed by atoms with van der Waals surface area (Å²) < 4.78 is 5.83. The van der Waals surface area contributed by atoms with Crippen LogP contribution in [0.5, 0.6) is 0 Å². The van der Waals surface area contributed by atoms with E-state index in [9.17, 15) is 0 Å². The van der Waals surface area contributed by atoms with E-state index in [1.54, 1.807) is 0 Å². The van der Waals surface area contributed by atoms with Gasteiger partial charge in [0.15, 0.2) is 0 Å². The molecule has 0 spiro atoms. The summed E-state index contributed by atoms with van der Waals surface area (Å²) in [6.07, 6.45) is 5.47. The molecule has 0 amide bonds. The Morgan fingerprint density at radius 1 is 1.31 bits per heavy atom. The van der Waals surface area contributed by atoms with Gasteiger partial charge in [-0.25, -0.2) is 0 Å². The van der Waals surface area contributed by atoms with Crippen molar-refractivity contribution in [2.45, 2.75) is 65.5 Å². The lowest BCUT2D eigenvalue weighted by Gasteiger charge is -2.37. The Morgan fingerprint density at radius 2 is 2.06 bits per heavy atom. The zero-order valence-electron chi connectivity index (χ0n) is 11.5. The van der Waals surface area contributed by atoms with Crippen LogP contribution < -0.4 is 5.32 Å². The van der Waals surface area contributed by atoms with E-state index in [1.807, 2.05) is 0 Å². The molecule has 0 aromatic rings. The minimum Gasteiger partial charge on any atom is -0.378 e. The molecule has 2 heteroatoms. The topological polar surface area (TPSA) is 21.3 Å². The fourth-order valence-corrected chi connectivity index (χ4v) is 2.94. The summed E-state index contributed by atoms with van der Waals surface area (Å²) in [5.41, 5.74) is 0. The van der Waals surface area contributed by atoms with Crippen LogP contribution in [0.1, 0.15) is 53.4 Å². The molecule has 16 heavy (non-hydrogen) atoms. The maximum Gasteiger partial charge on any atom is 0.0578 e. The Morgan fingerprint density at radius 3 is 2.62 bits per heavy atom. The summed E-state index contributed by atoms with van der Waals surface area (Å²) in [7, 11) is 0. The van der Waals surface area contributed by atoms with Crippen LogP contribution in [0.15, 0.2) is 0 Å². The van der Waals surface area contributed by atoms with Crippen LogP contribution in [-0.2, 0) is 4.74 Å². The summed E-state index contributed by atoms with van der Waals surface area (Å²) in [5, 5.41) is 3.66. The first-order valence-electron chi connectivity index (χ1n) is 7.04. The second-order valence-electron chi connectivity index (χ2n) is 5.39. The van der Waals surface area contributed by atoms with Crippen molar-refractivity contribution in [3.05, 3.63) is 0 Å². The number of hydrogen-bond donors (Lipinski definition) is 1. The predicted octanol–water partition coefficient (Wildman–Crippen LogP) is 3.22. The third-order valence-corrected chi connectivity index (χ3v) is 3.68. The van der Waals surface area contributed by atoms with Crippen LogP contribution in [0, 0.1) is 11.8 Å². The molecule has 0 radical (unpaired) electrons. The zero-order chi connectivity index (χ0) is 12.0. The molecule has 1 aliphatic heterocycles. The van der Waals surface area contributed by atoms with Crippen molar-refractivity contribution in [2.75, 3.05) is 13.2 Å². The Balaban J connectivity index is 2.49. The Bertz CT molecular complexity index is 180. The van der Waals surface area contributed by atoms with Crippen LogP contribution in [0.2, 0.25) is 0 Å². The largest absolute Gasteiger partial charge is 0.378 e. The molecule has 0 aromatic carbocycles. The van der Waals surface area contributed by atoms with Gasteiger partial charge in [0.25, 0.3) is 0 Å².